The normalized spacial score (nSPS) is 14.4. The minimum atomic E-state index is -0.498. The van der Waals surface area contributed by atoms with Gasteiger partial charge in [-0.15, -0.1) is 0 Å². The Kier molecular flexibility index (Phi) is 6.35. The quantitative estimate of drug-likeness (QED) is 0.663. The zero-order chi connectivity index (χ0) is 21.6. The van der Waals surface area contributed by atoms with Crippen LogP contribution in [0.15, 0.2) is 61.2 Å². The van der Waals surface area contributed by atoms with E-state index < -0.39 is 5.82 Å². The van der Waals surface area contributed by atoms with Gasteiger partial charge in [0.05, 0.1) is 0 Å². The molecule has 0 spiro atoms. The van der Waals surface area contributed by atoms with Crippen molar-refractivity contribution >= 4 is 17.5 Å². The SMILES string of the molecule is O=C(Nc1ccc(-n2cncn2)c(F)c1)C1CCN(C(=O)CCc2ccccc2)CC1. The minimum Gasteiger partial charge on any atom is -0.343 e. The lowest BCUT2D eigenvalue weighted by atomic mass is 9.95. The highest BCUT2D eigenvalue weighted by molar-refractivity contribution is 5.92. The Hall–Kier alpha value is -3.55. The van der Waals surface area contributed by atoms with Crippen LogP contribution in [0.4, 0.5) is 10.1 Å². The number of piperidine rings is 1. The number of benzene rings is 2. The molecule has 1 fully saturated rings. The second-order valence-corrected chi connectivity index (χ2v) is 7.64. The number of nitrogens with zero attached hydrogens (tertiary/aromatic N) is 4. The maximum absolute atomic E-state index is 14.4. The fourth-order valence-electron chi connectivity index (χ4n) is 3.79. The van der Waals surface area contributed by atoms with E-state index in [-0.39, 0.29) is 23.4 Å². The van der Waals surface area contributed by atoms with Gasteiger partial charge in [-0.05, 0) is 43.0 Å². The first-order valence-corrected chi connectivity index (χ1v) is 10.4. The third kappa shape index (κ3) is 5.14. The molecule has 0 saturated carbocycles. The van der Waals surface area contributed by atoms with Crippen molar-refractivity contribution in [3.05, 3.63) is 72.6 Å². The van der Waals surface area contributed by atoms with Crippen LogP contribution in [0.1, 0.15) is 24.8 Å². The number of nitrogens with one attached hydrogen (secondary N) is 1. The van der Waals surface area contributed by atoms with E-state index in [0.717, 1.165) is 12.0 Å². The Balaban J connectivity index is 1.26. The van der Waals surface area contributed by atoms with Crippen LogP contribution in [0.3, 0.4) is 0 Å². The van der Waals surface area contributed by atoms with Gasteiger partial charge < -0.3 is 10.2 Å². The minimum absolute atomic E-state index is 0.119. The summed E-state index contributed by atoms with van der Waals surface area (Å²) in [5, 5.41) is 6.70. The van der Waals surface area contributed by atoms with Crippen LogP contribution >= 0.6 is 0 Å². The molecule has 0 radical (unpaired) electrons. The van der Waals surface area contributed by atoms with Crippen LogP contribution < -0.4 is 5.32 Å². The van der Waals surface area contributed by atoms with Gasteiger partial charge in [0.25, 0.3) is 0 Å². The molecule has 1 aromatic heterocycles. The monoisotopic (exact) mass is 421 g/mol. The molecule has 1 aliphatic rings. The number of carbonyl (C=O) groups excluding carboxylic acids is 2. The zero-order valence-electron chi connectivity index (χ0n) is 17.1. The molecular weight excluding hydrogens is 397 g/mol. The predicted octanol–water partition coefficient (Wildman–Crippen LogP) is 3.22. The Morgan fingerprint density at radius 2 is 1.87 bits per heavy atom. The molecule has 0 atom stereocenters. The van der Waals surface area contributed by atoms with Gasteiger partial charge in [0.15, 0.2) is 5.82 Å². The Morgan fingerprint density at radius 1 is 1.10 bits per heavy atom. The van der Waals surface area contributed by atoms with Crippen molar-refractivity contribution < 1.29 is 14.0 Å². The fraction of sp³-hybridized carbons (Fsp3) is 0.304. The summed E-state index contributed by atoms with van der Waals surface area (Å²) in [6.45, 7) is 1.12. The van der Waals surface area contributed by atoms with Gasteiger partial charge in [-0.3, -0.25) is 9.59 Å². The first-order chi connectivity index (χ1) is 15.1. The number of halogens is 1. The number of amides is 2. The summed E-state index contributed by atoms with van der Waals surface area (Å²) >= 11 is 0. The number of anilines is 1. The van der Waals surface area contributed by atoms with Crippen LogP contribution in [0.25, 0.3) is 5.69 Å². The summed E-state index contributed by atoms with van der Waals surface area (Å²) in [6, 6.07) is 14.4. The van der Waals surface area contributed by atoms with Gasteiger partial charge in [-0.2, -0.15) is 5.10 Å². The molecule has 1 N–H and O–H groups in total. The van der Waals surface area contributed by atoms with Gasteiger partial charge in [0, 0.05) is 31.1 Å². The highest BCUT2D eigenvalue weighted by Crippen LogP contribution is 2.22. The summed E-state index contributed by atoms with van der Waals surface area (Å²) in [5.74, 6) is -0.726. The molecule has 8 heteroatoms. The van der Waals surface area contributed by atoms with E-state index in [1.807, 2.05) is 35.2 Å². The van der Waals surface area contributed by atoms with Crippen LogP contribution in [0, 0.1) is 11.7 Å². The number of likely N-dealkylation sites (tertiary alicyclic amines) is 1. The Labute approximate surface area is 179 Å². The number of carbonyl (C=O) groups is 2. The van der Waals surface area contributed by atoms with Crippen molar-refractivity contribution in [1.29, 1.82) is 0 Å². The molecule has 0 bridgehead atoms. The summed E-state index contributed by atoms with van der Waals surface area (Å²) in [7, 11) is 0. The van der Waals surface area contributed by atoms with E-state index in [1.165, 1.54) is 23.4 Å². The molecule has 4 rings (SSSR count). The van der Waals surface area contributed by atoms with Crippen LogP contribution in [-0.2, 0) is 16.0 Å². The van der Waals surface area contributed by atoms with Crippen molar-refractivity contribution in [3.8, 4) is 5.69 Å². The highest BCUT2D eigenvalue weighted by atomic mass is 19.1. The Morgan fingerprint density at radius 3 is 2.55 bits per heavy atom. The number of aryl methyl sites for hydroxylation is 1. The van der Waals surface area contributed by atoms with Crippen molar-refractivity contribution in [1.82, 2.24) is 19.7 Å². The molecule has 0 aliphatic carbocycles. The van der Waals surface area contributed by atoms with E-state index in [4.69, 9.17) is 0 Å². The number of aromatic nitrogens is 3. The molecule has 160 valence electrons. The first-order valence-electron chi connectivity index (χ1n) is 10.4. The predicted molar refractivity (Wildman–Crippen MR) is 114 cm³/mol. The second-order valence-electron chi connectivity index (χ2n) is 7.64. The third-order valence-corrected chi connectivity index (χ3v) is 5.57. The van der Waals surface area contributed by atoms with Gasteiger partial charge in [0.1, 0.15) is 18.3 Å². The van der Waals surface area contributed by atoms with Gasteiger partial charge in [-0.1, -0.05) is 30.3 Å². The van der Waals surface area contributed by atoms with Gasteiger partial charge in [-0.25, -0.2) is 14.1 Å². The number of hydrogen-bond donors (Lipinski definition) is 1. The molecule has 31 heavy (non-hydrogen) atoms. The molecule has 2 aromatic carbocycles. The summed E-state index contributed by atoms with van der Waals surface area (Å²) in [5.41, 5.74) is 1.80. The molecule has 2 heterocycles. The van der Waals surface area contributed by atoms with E-state index in [2.05, 4.69) is 15.4 Å². The highest BCUT2D eigenvalue weighted by Gasteiger charge is 2.27. The summed E-state index contributed by atoms with van der Waals surface area (Å²) in [6.07, 6.45) is 5.12. The van der Waals surface area contributed by atoms with E-state index >= 15 is 0 Å². The smallest absolute Gasteiger partial charge is 0.227 e. The van der Waals surface area contributed by atoms with Crippen LogP contribution in [0.2, 0.25) is 0 Å². The Bertz CT molecular complexity index is 1030. The lowest BCUT2D eigenvalue weighted by Gasteiger charge is -2.31. The van der Waals surface area contributed by atoms with Gasteiger partial charge >= 0.3 is 0 Å². The fourth-order valence-corrected chi connectivity index (χ4v) is 3.79. The average molecular weight is 421 g/mol. The molecule has 1 aliphatic heterocycles. The van der Waals surface area contributed by atoms with E-state index in [9.17, 15) is 14.0 Å². The van der Waals surface area contributed by atoms with Crippen molar-refractivity contribution in [2.75, 3.05) is 18.4 Å². The molecule has 3 aromatic rings. The molecular formula is C23H24FN5O2. The topological polar surface area (TPSA) is 80.1 Å². The zero-order valence-corrected chi connectivity index (χ0v) is 17.1. The maximum atomic E-state index is 14.4. The number of rotatable bonds is 6. The summed E-state index contributed by atoms with van der Waals surface area (Å²) in [4.78, 5) is 30.7. The van der Waals surface area contributed by atoms with Crippen molar-refractivity contribution in [2.24, 2.45) is 5.92 Å². The second kappa shape index (κ2) is 9.51. The maximum Gasteiger partial charge on any atom is 0.227 e. The molecule has 1 saturated heterocycles. The average Bonchev–Trinajstić information content (AvgIpc) is 3.33. The third-order valence-electron chi connectivity index (χ3n) is 5.57. The molecule has 7 nitrogen and oxygen atoms in total. The summed E-state index contributed by atoms with van der Waals surface area (Å²) < 4.78 is 15.7. The molecule has 2 amide bonds. The lowest BCUT2D eigenvalue weighted by Crippen LogP contribution is -2.41. The number of hydrogen-bond acceptors (Lipinski definition) is 4. The largest absolute Gasteiger partial charge is 0.343 e. The van der Waals surface area contributed by atoms with Crippen LogP contribution in [0.5, 0.6) is 0 Å². The standard InChI is InChI=1S/C23H24FN5O2/c24-20-14-19(7-8-21(20)29-16-25-15-26-29)27-23(31)18-10-12-28(13-11-18)22(30)9-6-17-4-2-1-3-5-17/h1-5,7-8,14-16,18H,6,9-13H2,(H,27,31). The van der Waals surface area contributed by atoms with Crippen molar-refractivity contribution in [2.45, 2.75) is 25.7 Å². The van der Waals surface area contributed by atoms with E-state index in [1.54, 1.807) is 12.1 Å². The van der Waals surface area contributed by atoms with E-state index in [0.29, 0.717) is 38.0 Å². The van der Waals surface area contributed by atoms with Crippen molar-refractivity contribution in [3.63, 3.8) is 0 Å². The van der Waals surface area contributed by atoms with Crippen LogP contribution in [-0.4, -0.2) is 44.6 Å². The molecule has 0 unspecified atom stereocenters. The lowest BCUT2D eigenvalue weighted by molar-refractivity contribution is -0.134. The van der Waals surface area contributed by atoms with Gasteiger partial charge in [0.2, 0.25) is 11.8 Å². The first kappa shape index (κ1) is 20.7.